The third-order valence-electron chi connectivity index (χ3n) is 2.54. The first kappa shape index (κ1) is 13.6. The Hall–Kier alpha value is -0.840. The highest BCUT2D eigenvalue weighted by Crippen LogP contribution is 2.23. The highest BCUT2D eigenvalue weighted by Gasteiger charge is 2.03. The van der Waals surface area contributed by atoms with Crippen LogP contribution in [0.15, 0.2) is 33.3 Å². The van der Waals surface area contributed by atoms with Crippen molar-refractivity contribution in [3.8, 4) is 0 Å². The first-order chi connectivity index (χ1) is 8.69. The van der Waals surface area contributed by atoms with Gasteiger partial charge in [-0.3, -0.25) is 0 Å². The fourth-order valence-corrected chi connectivity index (χ4v) is 2.10. The van der Waals surface area contributed by atoms with Gasteiger partial charge < -0.3 is 9.73 Å². The minimum atomic E-state index is 0.625. The second-order valence-corrected chi connectivity index (χ2v) is 5.19. The summed E-state index contributed by atoms with van der Waals surface area (Å²) >= 11 is 9.34. The summed E-state index contributed by atoms with van der Waals surface area (Å²) < 4.78 is 6.42. The molecule has 0 bridgehead atoms. The Balaban J connectivity index is 1.86. The molecular formula is C13H14BrClN2O. The van der Waals surface area contributed by atoms with Crippen LogP contribution in [-0.4, -0.2) is 4.98 Å². The van der Waals surface area contributed by atoms with Crippen LogP contribution in [0.5, 0.6) is 0 Å². The summed E-state index contributed by atoms with van der Waals surface area (Å²) in [7, 11) is 0. The van der Waals surface area contributed by atoms with Gasteiger partial charge in [0.15, 0.2) is 0 Å². The fraction of sp³-hybridized carbons (Fsp3) is 0.308. The van der Waals surface area contributed by atoms with E-state index in [1.165, 1.54) is 0 Å². The van der Waals surface area contributed by atoms with Gasteiger partial charge in [0, 0.05) is 17.4 Å². The zero-order valence-electron chi connectivity index (χ0n) is 10.0. The van der Waals surface area contributed by atoms with Crippen LogP contribution in [0.1, 0.15) is 24.1 Å². The van der Waals surface area contributed by atoms with Crippen LogP contribution in [0.2, 0.25) is 5.02 Å². The van der Waals surface area contributed by atoms with Gasteiger partial charge >= 0.3 is 0 Å². The smallest absolute Gasteiger partial charge is 0.208 e. The molecule has 0 amide bonds. The average Bonchev–Trinajstić information content (AvgIpc) is 2.82. The normalized spacial score (nSPS) is 10.8. The van der Waals surface area contributed by atoms with Crippen molar-refractivity contribution < 1.29 is 4.42 Å². The first-order valence-corrected chi connectivity index (χ1v) is 6.94. The molecule has 0 aliphatic rings. The number of aryl methyl sites for hydroxylation is 1. The molecule has 2 aromatic rings. The van der Waals surface area contributed by atoms with E-state index in [-0.39, 0.29) is 0 Å². The van der Waals surface area contributed by atoms with E-state index < -0.39 is 0 Å². The predicted molar refractivity (Wildman–Crippen MR) is 75.6 cm³/mol. The summed E-state index contributed by atoms with van der Waals surface area (Å²) in [5.74, 6) is 1.64. The van der Waals surface area contributed by atoms with Crippen molar-refractivity contribution in [2.45, 2.75) is 26.4 Å². The minimum absolute atomic E-state index is 0.625. The minimum Gasteiger partial charge on any atom is -0.444 e. The summed E-state index contributed by atoms with van der Waals surface area (Å²) in [6.07, 6.45) is 2.65. The van der Waals surface area contributed by atoms with E-state index >= 15 is 0 Å². The molecule has 1 aromatic carbocycles. The molecular weight excluding hydrogens is 316 g/mol. The lowest BCUT2D eigenvalue weighted by Crippen LogP contribution is -2.12. The number of nitrogens with zero attached hydrogens (tertiary/aromatic N) is 1. The average molecular weight is 330 g/mol. The summed E-state index contributed by atoms with van der Waals surface area (Å²) in [5.41, 5.74) is 1.16. The second kappa shape index (κ2) is 6.36. The number of hydrogen-bond donors (Lipinski definition) is 1. The van der Waals surface area contributed by atoms with Crippen LogP contribution in [0.25, 0.3) is 0 Å². The van der Waals surface area contributed by atoms with Crippen LogP contribution in [0, 0.1) is 0 Å². The quantitative estimate of drug-likeness (QED) is 0.903. The van der Waals surface area contributed by atoms with Crippen LogP contribution < -0.4 is 5.32 Å². The Morgan fingerprint density at radius 2 is 2.22 bits per heavy atom. The van der Waals surface area contributed by atoms with E-state index in [0.717, 1.165) is 39.7 Å². The zero-order valence-corrected chi connectivity index (χ0v) is 12.4. The van der Waals surface area contributed by atoms with Crippen molar-refractivity contribution in [2.24, 2.45) is 0 Å². The molecule has 0 radical (unpaired) electrons. The van der Waals surface area contributed by atoms with Gasteiger partial charge in [-0.1, -0.05) is 24.6 Å². The molecule has 0 saturated heterocycles. The standard InChI is InChI=1S/C13H14BrClN2O/c1-2-10-7-17-13(18-10)8-16-6-9-3-4-12(15)11(14)5-9/h3-5,7,16H,2,6,8H2,1H3. The molecule has 2 rings (SSSR count). The van der Waals surface area contributed by atoms with E-state index in [2.05, 4.69) is 26.2 Å². The summed E-state index contributed by atoms with van der Waals surface area (Å²) in [4.78, 5) is 4.19. The van der Waals surface area contributed by atoms with Crippen LogP contribution in [0.4, 0.5) is 0 Å². The number of nitrogens with one attached hydrogen (secondary N) is 1. The van der Waals surface area contributed by atoms with Gasteiger partial charge in [-0.25, -0.2) is 4.98 Å². The van der Waals surface area contributed by atoms with Gasteiger partial charge in [0.2, 0.25) is 5.89 Å². The molecule has 0 atom stereocenters. The molecule has 0 aliphatic heterocycles. The largest absolute Gasteiger partial charge is 0.444 e. The molecule has 5 heteroatoms. The number of benzene rings is 1. The molecule has 0 spiro atoms. The number of aromatic nitrogens is 1. The van der Waals surface area contributed by atoms with Gasteiger partial charge in [0.25, 0.3) is 0 Å². The van der Waals surface area contributed by atoms with Crippen LogP contribution in [0.3, 0.4) is 0 Å². The van der Waals surface area contributed by atoms with Crippen molar-refractivity contribution in [3.63, 3.8) is 0 Å². The molecule has 0 saturated carbocycles. The maximum atomic E-state index is 5.94. The van der Waals surface area contributed by atoms with Gasteiger partial charge in [-0.05, 0) is 33.6 Å². The van der Waals surface area contributed by atoms with E-state index in [1.807, 2.05) is 25.1 Å². The number of rotatable bonds is 5. The molecule has 0 unspecified atom stereocenters. The molecule has 1 aromatic heterocycles. The highest BCUT2D eigenvalue weighted by atomic mass is 79.9. The fourth-order valence-electron chi connectivity index (χ4n) is 1.56. The number of hydrogen-bond acceptors (Lipinski definition) is 3. The number of halogens is 2. The Labute approximate surface area is 120 Å². The van der Waals surface area contributed by atoms with Gasteiger partial charge in [-0.15, -0.1) is 0 Å². The lowest BCUT2D eigenvalue weighted by Gasteiger charge is -2.04. The van der Waals surface area contributed by atoms with Crippen LogP contribution >= 0.6 is 27.5 Å². The van der Waals surface area contributed by atoms with Crippen molar-refractivity contribution in [1.29, 1.82) is 0 Å². The van der Waals surface area contributed by atoms with Crippen molar-refractivity contribution in [1.82, 2.24) is 10.3 Å². The van der Waals surface area contributed by atoms with Gasteiger partial charge in [-0.2, -0.15) is 0 Å². The molecule has 1 heterocycles. The van der Waals surface area contributed by atoms with Crippen LogP contribution in [-0.2, 0) is 19.5 Å². The third-order valence-corrected chi connectivity index (χ3v) is 3.75. The van der Waals surface area contributed by atoms with E-state index in [0.29, 0.717) is 6.54 Å². The lowest BCUT2D eigenvalue weighted by molar-refractivity contribution is 0.439. The SMILES string of the molecule is CCc1cnc(CNCc2ccc(Cl)c(Br)c2)o1. The monoisotopic (exact) mass is 328 g/mol. The second-order valence-electron chi connectivity index (χ2n) is 3.93. The van der Waals surface area contributed by atoms with E-state index in [4.69, 9.17) is 16.0 Å². The van der Waals surface area contributed by atoms with Crippen molar-refractivity contribution in [2.75, 3.05) is 0 Å². The summed E-state index contributed by atoms with van der Waals surface area (Å²) in [6.45, 7) is 3.42. The first-order valence-electron chi connectivity index (χ1n) is 5.77. The topological polar surface area (TPSA) is 38.1 Å². The van der Waals surface area contributed by atoms with Crippen molar-refractivity contribution >= 4 is 27.5 Å². The summed E-state index contributed by atoms with van der Waals surface area (Å²) in [5, 5.41) is 4.00. The van der Waals surface area contributed by atoms with Gasteiger partial charge in [0.05, 0.1) is 17.8 Å². The Morgan fingerprint density at radius 3 is 2.89 bits per heavy atom. The lowest BCUT2D eigenvalue weighted by atomic mass is 10.2. The zero-order chi connectivity index (χ0) is 13.0. The maximum absolute atomic E-state index is 5.94. The highest BCUT2D eigenvalue weighted by molar-refractivity contribution is 9.10. The Morgan fingerprint density at radius 1 is 1.39 bits per heavy atom. The molecule has 3 nitrogen and oxygen atoms in total. The molecule has 96 valence electrons. The molecule has 0 aliphatic carbocycles. The predicted octanol–water partition coefficient (Wildman–Crippen LogP) is 3.94. The number of oxazole rings is 1. The Bertz CT molecular complexity index is 527. The molecule has 1 N–H and O–H groups in total. The van der Waals surface area contributed by atoms with E-state index in [1.54, 1.807) is 6.20 Å². The third kappa shape index (κ3) is 3.57. The van der Waals surface area contributed by atoms with Gasteiger partial charge in [0.1, 0.15) is 5.76 Å². The molecule has 18 heavy (non-hydrogen) atoms. The summed E-state index contributed by atoms with van der Waals surface area (Å²) in [6, 6.07) is 5.87. The van der Waals surface area contributed by atoms with Crippen molar-refractivity contribution in [3.05, 3.63) is 51.1 Å². The Kier molecular flexibility index (Phi) is 4.80. The maximum Gasteiger partial charge on any atom is 0.208 e. The van der Waals surface area contributed by atoms with E-state index in [9.17, 15) is 0 Å². The molecule has 0 fully saturated rings.